The number of benzene rings is 3. The first-order chi connectivity index (χ1) is 19.1. The van der Waals surface area contributed by atoms with Gasteiger partial charge in [-0.2, -0.15) is 17.5 Å². The van der Waals surface area contributed by atoms with Crippen molar-refractivity contribution < 1.29 is 26.4 Å². The van der Waals surface area contributed by atoms with Crippen molar-refractivity contribution in [3.05, 3.63) is 77.9 Å². The molecule has 1 atom stereocenters. The van der Waals surface area contributed by atoms with Crippen LogP contribution in [0.2, 0.25) is 0 Å². The van der Waals surface area contributed by atoms with Crippen molar-refractivity contribution in [3.8, 4) is 0 Å². The Kier molecular flexibility index (Phi) is 7.10. The van der Waals surface area contributed by atoms with Crippen LogP contribution in [0, 0.1) is 0 Å². The minimum Gasteiger partial charge on any atom is -0.387 e. The fraction of sp³-hybridized carbons (Fsp3) is 0.414. The monoisotopic (exact) mass is 572 g/mol. The van der Waals surface area contributed by atoms with E-state index < -0.39 is 27.4 Å². The van der Waals surface area contributed by atoms with Crippen LogP contribution in [0.4, 0.5) is 13.2 Å². The van der Waals surface area contributed by atoms with Gasteiger partial charge in [-0.3, -0.25) is 9.80 Å². The summed E-state index contributed by atoms with van der Waals surface area (Å²) in [5.74, 6) is 0. The van der Waals surface area contributed by atoms with Crippen molar-refractivity contribution in [2.45, 2.75) is 42.1 Å². The normalized spacial score (nSPS) is 22.6. The average Bonchev–Trinajstić information content (AvgIpc) is 3.36. The van der Waals surface area contributed by atoms with E-state index in [4.69, 9.17) is 4.84 Å². The van der Waals surface area contributed by atoms with Gasteiger partial charge < -0.3 is 4.84 Å². The van der Waals surface area contributed by atoms with Crippen LogP contribution in [-0.2, 0) is 27.6 Å². The summed E-state index contributed by atoms with van der Waals surface area (Å²) in [4.78, 5) is 10.3. The van der Waals surface area contributed by atoms with E-state index in [2.05, 4.69) is 51.4 Å². The van der Waals surface area contributed by atoms with E-state index in [1.165, 1.54) is 26.7 Å². The molecule has 6 rings (SSSR count). The largest absolute Gasteiger partial charge is 0.416 e. The molecule has 0 N–H and O–H groups in total. The fourth-order valence-electron chi connectivity index (χ4n) is 6.08. The fourth-order valence-corrected chi connectivity index (χ4v) is 7.57. The van der Waals surface area contributed by atoms with Crippen LogP contribution in [0.15, 0.2) is 76.8 Å². The molecule has 3 heterocycles. The van der Waals surface area contributed by atoms with Crippen LogP contribution in [0.25, 0.3) is 10.8 Å². The molecule has 2 saturated heterocycles. The van der Waals surface area contributed by atoms with Gasteiger partial charge >= 0.3 is 6.18 Å². The average molecular weight is 573 g/mol. The van der Waals surface area contributed by atoms with Crippen molar-refractivity contribution in [3.63, 3.8) is 0 Å². The number of sulfonamides is 1. The molecule has 1 unspecified atom stereocenters. The zero-order valence-corrected chi connectivity index (χ0v) is 22.7. The van der Waals surface area contributed by atoms with Crippen molar-refractivity contribution in [2.75, 3.05) is 39.3 Å². The van der Waals surface area contributed by atoms with E-state index >= 15 is 0 Å². The summed E-state index contributed by atoms with van der Waals surface area (Å²) in [6.45, 7) is 4.64. The Labute approximate surface area is 231 Å². The number of hydrogen-bond donors (Lipinski definition) is 0. The summed E-state index contributed by atoms with van der Waals surface area (Å²) in [5.41, 5.74) is -0.335. The molecule has 1 spiro atoms. The zero-order chi connectivity index (χ0) is 28.0. The lowest BCUT2D eigenvalue weighted by atomic mass is 9.84. The molecule has 212 valence electrons. The molecule has 0 saturated carbocycles. The Morgan fingerprint density at radius 3 is 2.33 bits per heavy atom. The van der Waals surface area contributed by atoms with Crippen molar-refractivity contribution in [1.29, 1.82) is 0 Å². The molecule has 11 heteroatoms. The third-order valence-electron chi connectivity index (χ3n) is 8.36. The van der Waals surface area contributed by atoms with Gasteiger partial charge in [0.15, 0.2) is 5.60 Å². The van der Waals surface area contributed by atoms with Crippen LogP contribution in [0.5, 0.6) is 0 Å². The number of oxime groups is 1. The number of piperazine rings is 1. The molecular weight excluding hydrogens is 541 g/mol. The van der Waals surface area contributed by atoms with Gasteiger partial charge in [0.05, 0.1) is 22.7 Å². The minimum absolute atomic E-state index is 0.0752. The standard InChI is InChI=1S/C29H31F3N4O3S/c30-29(31,32)25-6-3-7-26(19-25)40(37,38)36-12-10-28(11-13-36)27(20-33-39-28)35-16-14-34(15-17-35)21-22-8-9-23-4-1-2-5-24(23)18-22/h1-9,18-20,27H,10-17,21H2. The number of rotatable bonds is 5. The van der Waals surface area contributed by atoms with Gasteiger partial charge in [0.2, 0.25) is 10.0 Å². The molecule has 40 heavy (non-hydrogen) atoms. The quantitative estimate of drug-likeness (QED) is 0.448. The van der Waals surface area contributed by atoms with E-state index in [0.29, 0.717) is 18.9 Å². The lowest BCUT2D eigenvalue weighted by Crippen LogP contribution is -2.60. The van der Waals surface area contributed by atoms with Crippen molar-refractivity contribution >= 4 is 27.0 Å². The highest BCUT2D eigenvalue weighted by atomic mass is 32.2. The SMILES string of the molecule is O=S(=O)(c1cccc(C(F)(F)F)c1)N1CCC2(CC1)ON=CC2N1CCN(Cc2ccc3ccccc3c2)CC1. The van der Waals surface area contributed by atoms with Crippen molar-refractivity contribution in [1.82, 2.24) is 14.1 Å². The predicted octanol–water partition coefficient (Wildman–Crippen LogP) is 4.58. The maximum absolute atomic E-state index is 13.2. The van der Waals surface area contributed by atoms with E-state index in [9.17, 15) is 21.6 Å². The van der Waals surface area contributed by atoms with Gasteiger partial charge in [-0.1, -0.05) is 47.6 Å². The second-order valence-corrected chi connectivity index (χ2v) is 12.7. The Balaban J connectivity index is 1.07. The summed E-state index contributed by atoms with van der Waals surface area (Å²) in [6.07, 6.45) is -1.98. The molecule has 3 aromatic rings. The topological polar surface area (TPSA) is 65.5 Å². The summed E-state index contributed by atoms with van der Waals surface area (Å²) in [6, 6.07) is 18.8. The van der Waals surface area contributed by atoms with Crippen LogP contribution < -0.4 is 0 Å². The van der Waals surface area contributed by atoms with Gasteiger partial charge in [0, 0.05) is 58.7 Å². The first-order valence-electron chi connectivity index (χ1n) is 13.5. The summed E-state index contributed by atoms with van der Waals surface area (Å²) < 4.78 is 67.1. The second-order valence-electron chi connectivity index (χ2n) is 10.8. The molecule has 0 aliphatic carbocycles. The molecule has 7 nitrogen and oxygen atoms in total. The smallest absolute Gasteiger partial charge is 0.387 e. The highest BCUT2D eigenvalue weighted by Crippen LogP contribution is 2.38. The number of nitrogens with zero attached hydrogens (tertiary/aromatic N) is 4. The maximum Gasteiger partial charge on any atom is 0.416 e. The molecule has 0 aromatic heterocycles. The predicted molar refractivity (Wildman–Crippen MR) is 146 cm³/mol. The number of hydrogen-bond acceptors (Lipinski definition) is 6. The molecule has 0 bridgehead atoms. The number of halogens is 3. The van der Waals surface area contributed by atoms with Gasteiger partial charge in [-0.15, -0.1) is 0 Å². The Bertz CT molecular complexity index is 1510. The highest BCUT2D eigenvalue weighted by molar-refractivity contribution is 7.89. The Hall–Kier alpha value is -2.99. The lowest BCUT2D eigenvalue weighted by Gasteiger charge is -2.45. The van der Waals surface area contributed by atoms with E-state index in [0.717, 1.165) is 44.9 Å². The molecule has 3 aromatic carbocycles. The molecule has 0 radical (unpaired) electrons. The molecule has 0 amide bonds. The third-order valence-corrected chi connectivity index (χ3v) is 10.3. The first-order valence-corrected chi connectivity index (χ1v) is 14.9. The van der Waals surface area contributed by atoms with Gasteiger partial charge in [-0.25, -0.2) is 8.42 Å². The van der Waals surface area contributed by atoms with Crippen LogP contribution in [0.1, 0.15) is 24.0 Å². The number of piperidine rings is 1. The highest BCUT2D eigenvalue weighted by Gasteiger charge is 2.51. The Morgan fingerprint density at radius 1 is 0.875 bits per heavy atom. The second kappa shape index (κ2) is 10.4. The van der Waals surface area contributed by atoms with Crippen molar-refractivity contribution in [2.24, 2.45) is 5.16 Å². The van der Waals surface area contributed by atoms with E-state index in [1.807, 2.05) is 12.3 Å². The number of alkyl halides is 3. The molecule has 2 fully saturated rings. The minimum atomic E-state index is -4.61. The van der Waals surface area contributed by atoms with Gasteiger partial charge in [-0.05, 0) is 40.6 Å². The van der Waals surface area contributed by atoms with Gasteiger partial charge in [0.25, 0.3) is 0 Å². The van der Waals surface area contributed by atoms with Crippen LogP contribution >= 0.6 is 0 Å². The maximum atomic E-state index is 13.2. The van der Waals surface area contributed by atoms with Crippen LogP contribution in [0.3, 0.4) is 0 Å². The molecule has 3 aliphatic heterocycles. The molecular formula is C29H31F3N4O3S. The summed E-state index contributed by atoms with van der Waals surface area (Å²) in [7, 11) is -4.07. The van der Waals surface area contributed by atoms with Crippen LogP contribution in [-0.4, -0.2) is 79.6 Å². The Morgan fingerprint density at radius 2 is 1.60 bits per heavy atom. The van der Waals surface area contributed by atoms with E-state index in [1.54, 1.807) is 0 Å². The summed E-state index contributed by atoms with van der Waals surface area (Å²) >= 11 is 0. The van der Waals surface area contributed by atoms with Gasteiger partial charge in [0.1, 0.15) is 0 Å². The number of fused-ring (bicyclic) bond motifs is 1. The molecule has 3 aliphatic rings. The first kappa shape index (κ1) is 27.2. The van der Waals surface area contributed by atoms with E-state index in [-0.39, 0.29) is 24.0 Å². The summed E-state index contributed by atoms with van der Waals surface area (Å²) in [5, 5.41) is 6.61. The lowest BCUT2D eigenvalue weighted by molar-refractivity contribution is -0.137. The third kappa shape index (κ3) is 5.23. The zero-order valence-electron chi connectivity index (χ0n) is 21.9.